The van der Waals surface area contributed by atoms with E-state index in [9.17, 15) is 9.59 Å². The Kier molecular flexibility index (Phi) is 8.33. The number of hydrogen-bond acceptors (Lipinski definition) is 8. The minimum atomic E-state index is -0.249. The fourth-order valence-corrected chi connectivity index (χ4v) is 4.76. The average Bonchev–Trinajstić information content (AvgIpc) is 2.99. The molecule has 0 saturated carbocycles. The first kappa shape index (κ1) is 26.6. The van der Waals surface area contributed by atoms with Gasteiger partial charge >= 0.3 is 0 Å². The van der Waals surface area contributed by atoms with E-state index in [1.807, 2.05) is 25.1 Å². The Hall–Kier alpha value is -4.02. The van der Waals surface area contributed by atoms with Gasteiger partial charge in [-0.2, -0.15) is 0 Å². The van der Waals surface area contributed by atoms with Gasteiger partial charge in [-0.1, -0.05) is 13.0 Å². The van der Waals surface area contributed by atoms with E-state index in [0.717, 1.165) is 63.0 Å². The summed E-state index contributed by atoms with van der Waals surface area (Å²) in [5.74, 6) is 1.15. The SMILES string of the molecule is CCN1CCN(c2ccc(C(=O)Nc3cc(NC(=O)c4ccnc(N5CCOCC5)c4)ccc3C)cn2)CC1. The van der Waals surface area contributed by atoms with Gasteiger partial charge in [-0.3, -0.25) is 9.59 Å². The number of likely N-dealkylation sites (N-methyl/N-ethyl adjacent to an activating group) is 1. The van der Waals surface area contributed by atoms with Crippen molar-refractivity contribution in [3.8, 4) is 0 Å². The first-order valence-electron chi connectivity index (χ1n) is 13.5. The van der Waals surface area contributed by atoms with Gasteiger partial charge in [0.25, 0.3) is 11.8 Å². The molecule has 0 radical (unpaired) electrons. The molecule has 0 unspecified atom stereocenters. The molecule has 4 heterocycles. The molecule has 0 bridgehead atoms. The summed E-state index contributed by atoms with van der Waals surface area (Å²) < 4.78 is 5.41. The van der Waals surface area contributed by atoms with Crippen molar-refractivity contribution in [1.29, 1.82) is 0 Å². The van der Waals surface area contributed by atoms with Crippen LogP contribution in [0.2, 0.25) is 0 Å². The van der Waals surface area contributed by atoms with E-state index >= 15 is 0 Å². The van der Waals surface area contributed by atoms with Crippen molar-refractivity contribution in [3.63, 3.8) is 0 Å². The van der Waals surface area contributed by atoms with E-state index in [0.29, 0.717) is 35.7 Å². The summed E-state index contributed by atoms with van der Waals surface area (Å²) in [6, 6.07) is 12.6. The van der Waals surface area contributed by atoms with Gasteiger partial charge in [-0.25, -0.2) is 9.97 Å². The van der Waals surface area contributed by atoms with Crippen molar-refractivity contribution in [2.75, 3.05) is 79.5 Å². The maximum atomic E-state index is 13.0. The predicted octanol–water partition coefficient (Wildman–Crippen LogP) is 3.27. The van der Waals surface area contributed by atoms with Crippen LogP contribution in [0.15, 0.2) is 54.9 Å². The molecule has 5 rings (SSSR count). The van der Waals surface area contributed by atoms with E-state index in [1.165, 1.54) is 0 Å². The third-order valence-corrected chi connectivity index (χ3v) is 7.24. The molecule has 0 atom stereocenters. The quantitative estimate of drug-likeness (QED) is 0.481. The average molecular weight is 530 g/mol. The van der Waals surface area contributed by atoms with Gasteiger partial charge in [0.15, 0.2) is 0 Å². The Morgan fingerprint density at radius 3 is 2.28 bits per heavy atom. The zero-order valence-electron chi connectivity index (χ0n) is 22.5. The summed E-state index contributed by atoms with van der Waals surface area (Å²) in [6.45, 7) is 11.8. The molecule has 10 nitrogen and oxygen atoms in total. The van der Waals surface area contributed by atoms with Crippen LogP contribution in [0.25, 0.3) is 0 Å². The van der Waals surface area contributed by atoms with Crippen molar-refractivity contribution in [1.82, 2.24) is 14.9 Å². The minimum absolute atomic E-state index is 0.243. The van der Waals surface area contributed by atoms with E-state index < -0.39 is 0 Å². The standard InChI is InChI=1S/C29H35N7O3/c1-3-34-10-12-35(13-11-34)26-7-5-23(20-31-26)29(38)33-25-19-24(6-4-21(25)2)32-28(37)22-8-9-30-27(18-22)36-14-16-39-17-15-36/h4-9,18-20H,3,10-17H2,1-2H3,(H,32,37)(H,33,38). The highest BCUT2D eigenvalue weighted by Crippen LogP contribution is 2.23. The van der Waals surface area contributed by atoms with E-state index in [-0.39, 0.29) is 11.8 Å². The number of hydrogen-bond donors (Lipinski definition) is 2. The van der Waals surface area contributed by atoms with Crippen LogP contribution >= 0.6 is 0 Å². The molecule has 2 N–H and O–H groups in total. The van der Waals surface area contributed by atoms with Gasteiger partial charge in [-0.05, 0) is 55.4 Å². The smallest absolute Gasteiger partial charge is 0.257 e. The van der Waals surface area contributed by atoms with Crippen molar-refractivity contribution < 1.29 is 14.3 Å². The zero-order chi connectivity index (χ0) is 27.2. The van der Waals surface area contributed by atoms with Crippen molar-refractivity contribution in [2.45, 2.75) is 13.8 Å². The van der Waals surface area contributed by atoms with E-state index in [1.54, 1.807) is 36.7 Å². The highest BCUT2D eigenvalue weighted by Gasteiger charge is 2.18. The molecule has 10 heteroatoms. The third-order valence-electron chi connectivity index (χ3n) is 7.24. The lowest BCUT2D eigenvalue weighted by atomic mass is 10.1. The number of morpholine rings is 1. The second-order valence-corrected chi connectivity index (χ2v) is 9.77. The molecule has 2 fully saturated rings. The minimum Gasteiger partial charge on any atom is -0.378 e. The normalized spacial score (nSPS) is 16.2. The molecular weight excluding hydrogens is 494 g/mol. The number of amides is 2. The van der Waals surface area contributed by atoms with Crippen LogP contribution in [0.4, 0.5) is 23.0 Å². The van der Waals surface area contributed by atoms with Crippen LogP contribution < -0.4 is 20.4 Å². The highest BCUT2D eigenvalue weighted by molar-refractivity contribution is 6.07. The second-order valence-electron chi connectivity index (χ2n) is 9.77. The molecule has 39 heavy (non-hydrogen) atoms. The Morgan fingerprint density at radius 1 is 0.821 bits per heavy atom. The molecule has 0 aliphatic carbocycles. The fraction of sp³-hybridized carbons (Fsp3) is 0.379. The number of carbonyl (C=O) groups is 2. The Balaban J connectivity index is 1.22. The molecule has 2 aromatic heterocycles. The highest BCUT2D eigenvalue weighted by atomic mass is 16.5. The molecule has 204 valence electrons. The first-order chi connectivity index (χ1) is 19.0. The van der Waals surface area contributed by atoms with E-state index in [4.69, 9.17) is 4.74 Å². The van der Waals surface area contributed by atoms with E-state index in [2.05, 4.69) is 42.2 Å². The van der Waals surface area contributed by atoms with Gasteiger partial charge in [-0.15, -0.1) is 0 Å². The molecule has 0 spiro atoms. The van der Waals surface area contributed by atoms with Gasteiger partial charge < -0.3 is 30.1 Å². The second kappa shape index (κ2) is 12.2. The molecule has 2 saturated heterocycles. The number of pyridine rings is 2. The number of rotatable bonds is 7. The van der Waals surface area contributed by atoms with Crippen molar-refractivity contribution in [3.05, 3.63) is 71.5 Å². The summed E-state index contributed by atoms with van der Waals surface area (Å²) in [7, 11) is 0. The number of aromatic nitrogens is 2. The summed E-state index contributed by atoms with van der Waals surface area (Å²) in [6.07, 6.45) is 3.26. The van der Waals surface area contributed by atoms with Crippen LogP contribution in [0.5, 0.6) is 0 Å². The van der Waals surface area contributed by atoms with Gasteiger partial charge in [0.2, 0.25) is 0 Å². The number of ether oxygens (including phenoxy) is 1. The predicted molar refractivity (Wildman–Crippen MR) is 153 cm³/mol. The van der Waals surface area contributed by atoms with Crippen LogP contribution in [-0.2, 0) is 4.74 Å². The van der Waals surface area contributed by atoms with Crippen molar-refractivity contribution in [2.24, 2.45) is 0 Å². The maximum absolute atomic E-state index is 13.0. The van der Waals surface area contributed by atoms with Crippen molar-refractivity contribution >= 4 is 34.8 Å². The summed E-state index contributed by atoms with van der Waals surface area (Å²) in [4.78, 5) is 41.7. The number of carbonyl (C=O) groups excluding carboxylic acids is 2. The van der Waals surface area contributed by atoms with Crippen LogP contribution in [-0.4, -0.2) is 85.7 Å². The Bertz CT molecular complexity index is 1300. The fourth-order valence-electron chi connectivity index (χ4n) is 4.76. The lowest BCUT2D eigenvalue weighted by Gasteiger charge is -2.34. The third kappa shape index (κ3) is 6.52. The lowest BCUT2D eigenvalue weighted by Crippen LogP contribution is -2.46. The number of anilines is 4. The van der Waals surface area contributed by atoms with Gasteiger partial charge in [0, 0.05) is 68.6 Å². The van der Waals surface area contributed by atoms with Crippen LogP contribution in [0.3, 0.4) is 0 Å². The number of benzene rings is 1. The summed E-state index contributed by atoms with van der Waals surface area (Å²) >= 11 is 0. The largest absolute Gasteiger partial charge is 0.378 e. The first-order valence-corrected chi connectivity index (χ1v) is 13.5. The van der Waals surface area contributed by atoms with Gasteiger partial charge in [0.1, 0.15) is 11.6 Å². The summed E-state index contributed by atoms with van der Waals surface area (Å²) in [5.41, 5.74) is 3.09. The number of nitrogens with one attached hydrogen (secondary N) is 2. The Morgan fingerprint density at radius 2 is 1.56 bits per heavy atom. The maximum Gasteiger partial charge on any atom is 0.257 e. The molecule has 3 aromatic rings. The number of piperazine rings is 1. The molecule has 2 aliphatic heterocycles. The van der Waals surface area contributed by atoms with Crippen LogP contribution in [0, 0.1) is 6.92 Å². The van der Waals surface area contributed by atoms with Gasteiger partial charge in [0.05, 0.1) is 18.8 Å². The number of aryl methyl sites for hydroxylation is 1. The molecule has 1 aromatic carbocycles. The zero-order valence-corrected chi connectivity index (χ0v) is 22.5. The van der Waals surface area contributed by atoms with Crippen LogP contribution in [0.1, 0.15) is 33.2 Å². The molecule has 2 amide bonds. The Labute approximate surface area is 229 Å². The molecule has 2 aliphatic rings. The topological polar surface area (TPSA) is 103 Å². The number of nitrogens with zero attached hydrogens (tertiary/aromatic N) is 5. The molecular formula is C29H35N7O3. The lowest BCUT2D eigenvalue weighted by molar-refractivity contribution is 0.101. The monoisotopic (exact) mass is 529 g/mol. The summed E-state index contributed by atoms with van der Waals surface area (Å²) in [5, 5.41) is 5.90.